The van der Waals surface area contributed by atoms with Crippen molar-refractivity contribution in [2.45, 2.75) is 12.8 Å². The van der Waals surface area contributed by atoms with Gasteiger partial charge in [-0.3, -0.25) is 9.48 Å². The molecule has 1 aromatic rings. The summed E-state index contributed by atoms with van der Waals surface area (Å²) in [5.74, 6) is 2.51. The summed E-state index contributed by atoms with van der Waals surface area (Å²) in [5, 5.41) is 3.98. The molecule has 0 fully saturated rings. The standard InChI is InChI=1S/C9H9IN2O/c1-3-4-5-8(13)7-6-11-12(2)9(7)10/h1,6H,4-5H2,2H3. The highest BCUT2D eigenvalue weighted by atomic mass is 127. The van der Waals surface area contributed by atoms with Crippen LogP contribution in [0.1, 0.15) is 23.2 Å². The second kappa shape index (κ2) is 4.42. The van der Waals surface area contributed by atoms with Crippen LogP contribution in [-0.4, -0.2) is 15.6 Å². The molecule has 0 N–H and O–H groups in total. The molecule has 1 heterocycles. The van der Waals surface area contributed by atoms with Crippen molar-refractivity contribution < 1.29 is 4.79 Å². The second-order valence-corrected chi connectivity index (χ2v) is 3.62. The summed E-state index contributed by atoms with van der Waals surface area (Å²) in [6.45, 7) is 0. The predicted molar refractivity (Wildman–Crippen MR) is 58.3 cm³/mol. The third-order valence-electron chi connectivity index (χ3n) is 1.66. The van der Waals surface area contributed by atoms with Crippen LogP contribution in [0.5, 0.6) is 0 Å². The van der Waals surface area contributed by atoms with Gasteiger partial charge in [-0.05, 0) is 22.6 Å². The van der Waals surface area contributed by atoms with Gasteiger partial charge in [0.05, 0.1) is 11.8 Å². The van der Waals surface area contributed by atoms with Gasteiger partial charge in [0.2, 0.25) is 0 Å². The number of ketones is 1. The molecule has 0 unspecified atom stereocenters. The zero-order valence-corrected chi connectivity index (χ0v) is 9.41. The lowest BCUT2D eigenvalue weighted by Gasteiger charge is -1.95. The summed E-state index contributed by atoms with van der Waals surface area (Å²) in [7, 11) is 1.81. The van der Waals surface area contributed by atoms with Gasteiger partial charge < -0.3 is 0 Å². The maximum atomic E-state index is 11.5. The molecule has 0 saturated carbocycles. The van der Waals surface area contributed by atoms with Crippen molar-refractivity contribution in [3.05, 3.63) is 15.5 Å². The van der Waals surface area contributed by atoms with E-state index in [1.807, 2.05) is 0 Å². The molecule has 0 atom stereocenters. The molecule has 1 aromatic heterocycles. The molecule has 0 spiro atoms. The Hall–Kier alpha value is -0.830. The molecule has 3 nitrogen and oxygen atoms in total. The molecule has 68 valence electrons. The summed E-state index contributed by atoms with van der Waals surface area (Å²) < 4.78 is 2.53. The maximum absolute atomic E-state index is 11.5. The Bertz CT molecular complexity index is 362. The van der Waals surface area contributed by atoms with Gasteiger partial charge in [-0.2, -0.15) is 5.10 Å². The van der Waals surface area contributed by atoms with Crippen LogP contribution in [0.25, 0.3) is 0 Å². The summed E-state index contributed by atoms with van der Waals surface area (Å²) in [5.41, 5.74) is 0.665. The van der Waals surface area contributed by atoms with Gasteiger partial charge in [0.1, 0.15) is 3.70 Å². The van der Waals surface area contributed by atoms with Crippen molar-refractivity contribution in [1.29, 1.82) is 0 Å². The first-order chi connectivity index (χ1) is 6.16. The Kier molecular flexibility index (Phi) is 3.48. The molecule has 0 bridgehead atoms. The first-order valence-corrected chi connectivity index (χ1v) is 4.89. The van der Waals surface area contributed by atoms with E-state index in [2.05, 4.69) is 33.6 Å². The summed E-state index contributed by atoms with van der Waals surface area (Å²) in [6, 6.07) is 0. The molecule has 1 rings (SSSR count). The summed E-state index contributed by atoms with van der Waals surface area (Å²) in [6.07, 6.45) is 7.55. The minimum atomic E-state index is 0.0652. The van der Waals surface area contributed by atoms with Crippen LogP contribution in [0.2, 0.25) is 0 Å². The molecule has 4 heteroatoms. The van der Waals surface area contributed by atoms with E-state index in [1.165, 1.54) is 0 Å². The lowest BCUT2D eigenvalue weighted by atomic mass is 10.1. The first-order valence-electron chi connectivity index (χ1n) is 3.81. The molecule has 0 aliphatic heterocycles. The van der Waals surface area contributed by atoms with Gasteiger partial charge in [-0.1, -0.05) is 0 Å². The Morgan fingerprint density at radius 3 is 3.00 bits per heavy atom. The number of hydrogen-bond donors (Lipinski definition) is 0. The largest absolute Gasteiger partial charge is 0.294 e. The average Bonchev–Trinajstić information content (AvgIpc) is 2.44. The predicted octanol–water partition coefficient (Wildman–Crippen LogP) is 1.62. The van der Waals surface area contributed by atoms with Crippen molar-refractivity contribution in [3.8, 4) is 12.3 Å². The fraction of sp³-hybridized carbons (Fsp3) is 0.333. The lowest BCUT2D eigenvalue weighted by Crippen LogP contribution is -2.01. The third kappa shape index (κ3) is 2.31. The van der Waals surface area contributed by atoms with E-state index in [0.29, 0.717) is 18.4 Å². The Morgan fingerprint density at radius 2 is 2.54 bits per heavy atom. The number of aryl methyl sites for hydroxylation is 1. The molecule has 0 amide bonds. The van der Waals surface area contributed by atoms with Crippen LogP contribution in [0, 0.1) is 16.0 Å². The average molecular weight is 288 g/mol. The van der Waals surface area contributed by atoms with E-state index in [9.17, 15) is 4.79 Å². The molecule has 0 aromatic carbocycles. The molecular formula is C9H9IN2O. The summed E-state index contributed by atoms with van der Waals surface area (Å²) in [4.78, 5) is 11.5. The van der Waals surface area contributed by atoms with E-state index in [0.717, 1.165) is 3.70 Å². The second-order valence-electron chi connectivity index (χ2n) is 2.60. The number of Topliss-reactive ketones (excluding diaryl/α,β-unsaturated/α-hetero) is 1. The molecular weight excluding hydrogens is 279 g/mol. The SMILES string of the molecule is C#CCCC(=O)c1cnn(C)c1I. The number of carbonyl (C=O) groups excluding carboxylic acids is 1. The number of hydrogen-bond acceptors (Lipinski definition) is 2. The lowest BCUT2D eigenvalue weighted by molar-refractivity contribution is 0.0983. The number of terminal acetylenes is 1. The Morgan fingerprint density at radius 1 is 1.85 bits per heavy atom. The monoisotopic (exact) mass is 288 g/mol. The fourth-order valence-corrected chi connectivity index (χ4v) is 1.49. The van der Waals surface area contributed by atoms with Gasteiger partial charge in [0, 0.05) is 19.9 Å². The van der Waals surface area contributed by atoms with Crippen molar-refractivity contribution in [1.82, 2.24) is 9.78 Å². The van der Waals surface area contributed by atoms with Crippen LogP contribution < -0.4 is 0 Å². The van der Waals surface area contributed by atoms with Crippen molar-refractivity contribution in [2.24, 2.45) is 7.05 Å². The quantitative estimate of drug-likeness (QED) is 0.481. The normalized spacial score (nSPS) is 9.62. The number of aromatic nitrogens is 2. The van der Waals surface area contributed by atoms with Crippen LogP contribution in [0.4, 0.5) is 0 Å². The molecule has 0 radical (unpaired) electrons. The highest BCUT2D eigenvalue weighted by molar-refractivity contribution is 14.1. The fourth-order valence-electron chi connectivity index (χ4n) is 0.930. The Labute approximate surface area is 90.7 Å². The maximum Gasteiger partial charge on any atom is 0.168 e. The number of carbonyl (C=O) groups is 1. The van der Waals surface area contributed by atoms with E-state index in [4.69, 9.17) is 6.42 Å². The van der Waals surface area contributed by atoms with Gasteiger partial charge >= 0.3 is 0 Å². The van der Waals surface area contributed by atoms with Gasteiger partial charge in [-0.25, -0.2) is 0 Å². The van der Waals surface area contributed by atoms with Crippen LogP contribution in [0.15, 0.2) is 6.20 Å². The Balaban J connectivity index is 2.78. The number of halogens is 1. The van der Waals surface area contributed by atoms with Crippen molar-refractivity contribution >= 4 is 28.4 Å². The molecule has 0 aliphatic rings. The minimum absolute atomic E-state index is 0.0652. The smallest absolute Gasteiger partial charge is 0.168 e. The summed E-state index contributed by atoms with van der Waals surface area (Å²) >= 11 is 2.10. The van der Waals surface area contributed by atoms with E-state index < -0.39 is 0 Å². The van der Waals surface area contributed by atoms with Crippen molar-refractivity contribution in [2.75, 3.05) is 0 Å². The van der Waals surface area contributed by atoms with Crippen LogP contribution in [-0.2, 0) is 7.05 Å². The number of nitrogens with zero attached hydrogens (tertiary/aromatic N) is 2. The molecule has 13 heavy (non-hydrogen) atoms. The zero-order chi connectivity index (χ0) is 9.84. The minimum Gasteiger partial charge on any atom is -0.294 e. The van der Waals surface area contributed by atoms with E-state index in [1.54, 1.807) is 17.9 Å². The van der Waals surface area contributed by atoms with E-state index in [-0.39, 0.29) is 5.78 Å². The van der Waals surface area contributed by atoms with Crippen LogP contribution in [0.3, 0.4) is 0 Å². The van der Waals surface area contributed by atoms with E-state index >= 15 is 0 Å². The zero-order valence-electron chi connectivity index (χ0n) is 7.25. The van der Waals surface area contributed by atoms with Crippen molar-refractivity contribution in [3.63, 3.8) is 0 Å². The third-order valence-corrected chi connectivity index (χ3v) is 2.94. The van der Waals surface area contributed by atoms with Gasteiger partial charge in [0.25, 0.3) is 0 Å². The highest BCUT2D eigenvalue weighted by Crippen LogP contribution is 2.13. The van der Waals surface area contributed by atoms with Gasteiger partial charge in [0.15, 0.2) is 5.78 Å². The highest BCUT2D eigenvalue weighted by Gasteiger charge is 2.12. The first kappa shape index (κ1) is 10.3. The topological polar surface area (TPSA) is 34.9 Å². The molecule has 0 aliphatic carbocycles. The number of rotatable bonds is 3. The molecule has 0 saturated heterocycles. The van der Waals surface area contributed by atoms with Gasteiger partial charge in [-0.15, -0.1) is 12.3 Å². The van der Waals surface area contributed by atoms with Crippen LogP contribution >= 0.6 is 22.6 Å².